The van der Waals surface area contributed by atoms with E-state index in [1.54, 1.807) is 0 Å². The van der Waals surface area contributed by atoms with Crippen molar-refractivity contribution in [2.24, 2.45) is 0 Å². The van der Waals surface area contributed by atoms with E-state index in [-0.39, 0.29) is 8.41 Å². The van der Waals surface area contributed by atoms with E-state index in [9.17, 15) is 8.63 Å². The summed E-state index contributed by atoms with van der Waals surface area (Å²) in [4.78, 5) is 0. The lowest BCUT2D eigenvalue weighted by Crippen LogP contribution is -1.45. The quantitative estimate of drug-likeness (QED) is 0.347. The summed E-state index contributed by atoms with van der Waals surface area (Å²) in [5.41, 5.74) is 0. The molecular formula is B2F2. The van der Waals surface area contributed by atoms with Crippen molar-refractivity contribution in [2.75, 3.05) is 0 Å². The fourth-order valence-electron chi connectivity index (χ4n) is 0. The molecule has 0 saturated heterocycles. The van der Waals surface area contributed by atoms with Gasteiger partial charge in [0.1, 0.15) is 0 Å². The zero-order chi connectivity index (χ0) is 2.71. The van der Waals surface area contributed by atoms with Gasteiger partial charge in [-0.2, -0.15) is 0 Å². The molecule has 0 bridgehead atoms. The van der Waals surface area contributed by atoms with Crippen molar-refractivity contribution in [1.82, 2.24) is 0 Å². The molecule has 0 heterocycles. The van der Waals surface area contributed by atoms with E-state index in [2.05, 4.69) is 0 Å². The first-order chi connectivity index (χ1) is 1.41. The van der Waals surface area contributed by atoms with Crippen molar-refractivity contribution in [3.8, 4) is 0 Å². The second-order valence-electron chi connectivity index (χ2n) is 0.0825. The van der Waals surface area contributed by atoms with E-state index in [1.165, 1.54) is 0 Å². The van der Waals surface area contributed by atoms with Gasteiger partial charge < -0.3 is 0 Å². The zero-order valence-corrected chi connectivity index (χ0v) is 1.91. The number of hydrogen-bond donors (Lipinski definition) is 0. The molecule has 0 amide bonds. The van der Waals surface area contributed by atoms with Gasteiger partial charge in [0.15, 0.2) is 0 Å². The Kier molecular flexibility index (Phi) is 27.2. The highest BCUT2D eigenvalue weighted by Crippen LogP contribution is 1.49. The van der Waals surface area contributed by atoms with Crippen LogP contribution in [-0.2, 0) is 0 Å². The molecule has 0 nitrogen and oxygen atoms in total. The minimum atomic E-state index is -1.00. The Labute approximate surface area is 26.1 Å². The van der Waals surface area contributed by atoms with E-state index in [4.69, 9.17) is 0 Å². The van der Waals surface area contributed by atoms with Crippen LogP contribution in [0.1, 0.15) is 0 Å². The molecule has 0 spiro atoms. The van der Waals surface area contributed by atoms with Crippen LogP contribution in [0.4, 0.5) is 8.63 Å². The first kappa shape index (κ1) is 9.01. The molecule has 4 radical (unpaired) electrons. The Morgan fingerprint density at radius 3 is 1.25 bits per heavy atom. The smallest absolute Gasteiger partial charge is 0.289 e. The van der Waals surface area contributed by atoms with Gasteiger partial charge in [0.25, 0.3) is 0 Å². The molecular weight excluding hydrogens is 59.6 g/mol. The Morgan fingerprint density at radius 2 is 1.25 bits per heavy atom. The molecule has 0 aliphatic carbocycles. The van der Waals surface area contributed by atoms with Crippen molar-refractivity contribution >= 4 is 16.2 Å². The Balaban J connectivity index is 0. The van der Waals surface area contributed by atoms with Crippen molar-refractivity contribution in [3.63, 3.8) is 0 Å². The standard InChI is InChI=1S/BF2.B/c2-1-3;. The maximum absolute atomic E-state index is 9.50. The molecule has 0 unspecified atom stereocenters. The minimum Gasteiger partial charge on any atom is -0.289 e. The van der Waals surface area contributed by atoms with Crippen LogP contribution in [0.5, 0.6) is 0 Å². The molecule has 0 aliphatic rings. The van der Waals surface area contributed by atoms with Gasteiger partial charge in [0.05, 0.1) is 0 Å². The van der Waals surface area contributed by atoms with Gasteiger partial charge in [-0.1, -0.05) is 0 Å². The lowest BCUT2D eigenvalue weighted by molar-refractivity contribution is 0.712. The summed E-state index contributed by atoms with van der Waals surface area (Å²) >= 11 is 0. The molecule has 20 valence electrons. The number of halogens is 2. The zero-order valence-electron chi connectivity index (χ0n) is 1.91. The molecule has 4 heavy (non-hydrogen) atoms. The average molecular weight is 59.6 g/mol. The van der Waals surface area contributed by atoms with Gasteiger partial charge in [0.2, 0.25) is 0 Å². The monoisotopic (exact) mass is 60.0 g/mol. The maximum Gasteiger partial charge on any atom is 0.577 e. The van der Waals surface area contributed by atoms with Gasteiger partial charge in [-0.15, -0.1) is 0 Å². The van der Waals surface area contributed by atoms with Crippen molar-refractivity contribution in [3.05, 3.63) is 0 Å². The Morgan fingerprint density at radius 1 is 1.25 bits per heavy atom. The lowest BCUT2D eigenvalue weighted by atomic mass is 10.6. The van der Waals surface area contributed by atoms with E-state index in [1.807, 2.05) is 0 Å². The van der Waals surface area contributed by atoms with Crippen LogP contribution in [0, 0.1) is 0 Å². The van der Waals surface area contributed by atoms with Gasteiger partial charge >= 0.3 is 7.83 Å². The van der Waals surface area contributed by atoms with Gasteiger partial charge in [-0.3, -0.25) is 8.63 Å². The second-order valence-corrected chi connectivity index (χ2v) is 0.0825. The normalized spacial score (nSPS) is 3.50. The number of rotatable bonds is 0. The summed E-state index contributed by atoms with van der Waals surface area (Å²) in [6.45, 7) is 0. The van der Waals surface area contributed by atoms with Crippen LogP contribution in [0.25, 0.3) is 0 Å². The van der Waals surface area contributed by atoms with Gasteiger partial charge in [-0.25, -0.2) is 0 Å². The lowest BCUT2D eigenvalue weighted by Gasteiger charge is -1.33. The maximum atomic E-state index is 9.50. The second kappa shape index (κ2) is 12.1. The van der Waals surface area contributed by atoms with Crippen molar-refractivity contribution in [2.45, 2.75) is 0 Å². The highest BCUT2D eigenvalue weighted by molar-refractivity contribution is 6.15. The molecule has 0 N–H and O–H groups in total. The van der Waals surface area contributed by atoms with Crippen molar-refractivity contribution < 1.29 is 8.63 Å². The van der Waals surface area contributed by atoms with Crippen LogP contribution in [-0.4, -0.2) is 16.2 Å². The van der Waals surface area contributed by atoms with Crippen molar-refractivity contribution in [1.29, 1.82) is 0 Å². The van der Waals surface area contributed by atoms with Crippen LogP contribution < -0.4 is 0 Å². The summed E-state index contributed by atoms with van der Waals surface area (Å²) in [6.07, 6.45) is 0. The highest BCUT2D eigenvalue weighted by atomic mass is 19.2. The average Bonchev–Trinajstić information content (AvgIpc) is 0.918. The SMILES string of the molecule is F[B]F.[B]. The van der Waals surface area contributed by atoms with E-state index >= 15 is 0 Å². The third-order valence-corrected chi connectivity index (χ3v) is 0. The fourth-order valence-corrected chi connectivity index (χ4v) is 0. The molecule has 4 heteroatoms. The molecule has 0 saturated carbocycles. The summed E-state index contributed by atoms with van der Waals surface area (Å²) in [5.74, 6) is 0. The van der Waals surface area contributed by atoms with Crippen LogP contribution in [0.3, 0.4) is 0 Å². The van der Waals surface area contributed by atoms with Crippen LogP contribution in [0.2, 0.25) is 0 Å². The van der Waals surface area contributed by atoms with E-state index in [0.717, 1.165) is 0 Å². The third-order valence-electron chi connectivity index (χ3n) is 0. The summed E-state index contributed by atoms with van der Waals surface area (Å²) in [5, 5.41) is 0. The summed E-state index contributed by atoms with van der Waals surface area (Å²) in [6, 6.07) is 0. The molecule has 0 aromatic rings. The van der Waals surface area contributed by atoms with E-state index < -0.39 is 7.83 Å². The molecule has 0 aromatic heterocycles. The first-order valence-electron chi connectivity index (χ1n) is 0.436. The third kappa shape index (κ3) is 19000. The predicted octanol–water partition coefficient (Wildman–Crippen LogP) is 0.0788. The minimum absolute atomic E-state index is 0. The largest absolute Gasteiger partial charge is 0.577 e. The fraction of sp³-hybridized carbons (Fsp3) is 0. The summed E-state index contributed by atoms with van der Waals surface area (Å²) in [7, 11) is -1.00. The van der Waals surface area contributed by atoms with E-state index in [0.29, 0.717) is 0 Å². The van der Waals surface area contributed by atoms with Crippen LogP contribution in [0.15, 0.2) is 0 Å². The van der Waals surface area contributed by atoms with Crippen LogP contribution >= 0.6 is 0 Å². The van der Waals surface area contributed by atoms with Gasteiger partial charge in [0, 0.05) is 8.41 Å². The Bertz CT molecular complexity index is 4.00. The first-order valence-corrected chi connectivity index (χ1v) is 0.436. The molecule has 0 aromatic carbocycles. The topological polar surface area (TPSA) is 0 Å². The molecule has 0 rings (SSSR count). The number of hydrogen-bond acceptors (Lipinski definition) is 0. The predicted molar refractivity (Wildman–Crippen MR) is 13.7 cm³/mol. The van der Waals surface area contributed by atoms with Gasteiger partial charge in [-0.05, 0) is 0 Å². The molecule has 0 fully saturated rings. The Hall–Kier alpha value is -0.0101. The molecule has 0 aliphatic heterocycles. The summed E-state index contributed by atoms with van der Waals surface area (Å²) < 4.78 is 19.0. The highest BCUT2D eigenvalue weighted by Gasteiger charge is 1.62. The molecule has 0 atom stereocenters.